The smallest absolute Gasteiger partial charge is 0.265 e. The molecule has 4 heteroatoms. The van der Waals surface area contributed by atoms with Crippen molar-refractivity contribution in [1.82, 2.24) is 4.90 Å². The first kappa shape index (κ1) is 8.78. The minimum atomic E-state index is -2.63. The third-order valence-electron chi connectivity index (χ3n) is 0.843. The average molecular weight is 139 g/mol. The number of halogens is 2. The molecule has 0 saturated carbocycles. The Morgan fingerprint density at radius 2 is 1.89 bits per heavy atom. The highest BCUT2D eigenvalue weighted by molar-refractivity contribution is 4.59. The summed E-state index contributed by atoms with van der Waals surface area (Å²) in [6, 6.07) is 0. The Kier molecular flexibility index (Phi) is 3.65. The van der Waals surface area contributed by atoms with E-state index in [0.29, 0.717) is 0 Å². The van der Waals surface area contributed by atoms with Crippen molar-refractivity contribution in [2.75, 3.05) is 20.6 Å². The van der Waals surface area contributed by atoms with Gasteiger partial charge in [-0.15, -0.1) is 0 Å². The van der Waals surface area contributed by atoms with Crippen LogP contribution in [0.4, 0.5) is 8.78 Å². The van der Waals surface area contributed by atoms with Crippen LogP contribution in [0.2, 0.25) is 0 Å². The number of aliphatic hydroxyl groups excluding tert-OH is 1. The van der Waals surface area contributed by atoms with Crippen LogP contribution in [-0.2, 0) is 0 Å². The third-order valence-corrected chi connectivity index (χ3v) is 0.843. The fourth-order valence-corrected chi connectivity index (χ4v) is 0.454. The Morgan fingerprint density at radius 3 is 2.00 bits per heavy atom. The maximum Gasteiger partial charge on any atom is 0.265 e. The van der Waals surface area contributed by atoms with Gasteiger partial charge in [0.2, 0.25) is 0 Å². The number of alkyl halides is 2. The molecule has 0 radical (unpaired) electrons. The minimum absolute atomic E-state index is 0.0116. The zero-order valence-electron chi connectivity index (χ0n) is 5.51. The van der Waals surface area contributed by atoms with Crippen LogP contribution in [-0.4, -0.2) is 43.2 Å². The van der Waals surface area contributed by atoms with Crippen molar-refractivity contribution >= 4 is 0 Å². The molecule has 0 bridgehead atoms. The second-order valence-corrected chi connectivity index (χ2v) is 2.16. The normalized spacial score (nSPS) is 15.0. The molecule has 0 aliphatic rings. The van der Waals surface area contributed by atoms with E-state index in [-0.39, 0.29) is 6.54 Å². The molecule has 0 spiro atoms. The zero-order valence-corrected chi connectivity index (χ0v) is 5.51. The molecule has 0 aromatic heterocycles. The lowest BCUT2D eigenvalue weighted by atomic mass is 10.3. The standard InChI is InChI=1S/C5H11F2NO/c1-8(2)3-4(9)5(6)7/h4-5,9H,3H2,1-2H3. The van der Waals surface area contributed by atoms with Crippen LogP contribution < -0.4 is 0 Å². The summed E-state index contributed by atoms with van der Waals surface area (Å²) in [7, 11) is 3.26. The van der Waals surface area contributed by atoms with Crippen molar-refractivity contribution in [1.29, 1.82) is 0 Å². The highest BCUT2D eigenvalue weighted by atomic mass is 19.3. The maximum absolute atomic E-state index is 11.5. The lowest BCUT2D eigenvalue weighted by Gasteiger charge is -2.14. The molecule has 1 atom stereocenters. The molecule has 0 saturated heterocycles. The number of aliphatic hydroxyl groups is 1. The molecule has 0 amide bonds. The first-order chi connectivity index (χ1) is 4.04. The summed E-state index contributed by atoms with van der Waals surface area (Å²) in [6.45, 7) is 0.0116. The molecule has 0 aromatic carbocycles. The predicted octanol–water partition coefficient (Wildman–Crippen LogP) is 0.174. The Bertz CT molecular complexity index is 77.4. The highest BCUT2D eigenvalue weighted by Gasteiger charge is 2.16. The van der Waals surface area contributed by atoms with Gasteiger partial charge in [0.15, 0.2) is 0 Å². The van der Waals surface area contributed by atoms with E-state index in [1.54, 1.807) is 14.1 Å². The van der Waals surface area contributed by atoms with E-state index in [1.165, 1.54) is 4.90 Å². The second kappa shape index (κ2) is 3.74. The van der Waals surface area contributed by atoms with E-state index in [9.17, 15) is 8.78 Å². The molecule has 0 rings (SSSR count). The summed E-state index contributed by atoms with van der Waals surface area (Å²) in [5.41, 5.74) is 0. The Labute approximate surface area is 53.1 Å². The summed E-state index contributed by atoms with van der Waals surface area (Å²) in [5.74, 6) is 0. The summed E-state index contributed by atoms with van der Waals surface area (Å²) in [6.07, 6.45) is -4.15. The summed E-state index contributed by atoms with van der Waals surface area (Å²) in [4.78, 5) is 1.51. The van der Waals surface area contributed by atoms with Crippen LogP contribution in [0, 0.1) is 0 Å². The van der Waals surface area contributed by atoms with Gasteiger partial charge < -0.3 is 10.0 Å². The number of hydrogen-bond donors (Lipinski definition) is 1. The van der Waals surface area contributed by atoms with Crippen molar-refractivity contribution in [3.05, 3.63) is 0 Å². The molecule has 0 heterocycles. The van der Waals surface area contributed by atoms with Crippen molar-refractivity contribution in [3.8, 4) is 0 Å². The topological polar surface area (TPSA) is 23.5 Å². The maximum atomic E-state index is 11.5. The van der Waals surface area contributed by atoms with Crippen LogP contribution in [0.3, 0.4) is 0 Å². The van der Waals surface area contributed by atoms with Gasteiger partial charge >= 0.3 is 0 Å². The van der Waals surface area contributed by atoms with E-state index >= 15 is 0 Å². The molecule has 9 heavy (non-hydrogen) atoms. The number of likely N-dealkylation sites (N-methyl/N-ethyl adjacent to an activating group) is 1. The quantitative estimate of drug-likeness (QED) is 0.602. The molecule has 2 nitrogen and oxygen atoms in total. The van der Waals surface area contributed by atoms with E-state index in [1.807, 2.05) is 0 Å². The van der Waals surface area contributed by atoms with E-state index in [0.717, 1.165) is 0 Å². The number of rotatable bonds is 3. The van der Waals surface area contributed by atoms with Crippen molar-refractivity contribution in [2.45, 2.75) is 12.5 Å². The average Bonchev–Trinajstić information content (AvgIpc) is 1.63. The molecule has 1 N–H and O–H groups in total. The SMILES string of the molecule is CN(C)CC(O)C(F)F. The van der Waals surface area contributed by atoms with Crippen LogP contribution >= 0.6 is 0 Å². The number of hydrogen-bond acceptors (Lipinski definition) is 2. The highest BCUT2D eigenvalue weighted by Crippen LogP contribution is 2.00. The van der Waals surface area contributed by atoms with Gasteiger partial charge in [0.1, 0.15) is 6.10 Å². The largest absolute Gasteiger partial charge is 0.386 e. The molecule has 0 aliphatic carbocycles. The van der Waals surface area contributed by atoms with Gasteiger partial charge in [0, 0.05) is 6.54 Å². The van der Waals surface area contributed by atoms with E-state index in [4.69, 9.17) is 5.11 Å². The molecular formula is C5H11F2NO. The molecule has 0 aromatic rings. The first-order valence-corrected chi connectivity index (χ1v) is 2.65. The minimum Gasteiger partial charge on any atom is -0.386 e. The van der Waals surface area contributed by atoms with Crippen molar-refractivity contribution in [3.63, 3.8) is 0 Å². The fraction of sp³-hybridized carbons (Fsp3) is 1.00. The molecule has 0 aliphatic heterocycles. The molecule has 0 fully saturated rings. The first-order valence-electron chi connectivity index (χ1n) is 2.65. The van der Waals surface area contributed by atoms with Gasteiger partial charge in [-0.25, -0.2) is 8.78 Å². The second-order valence-electron chi connectivity index (χ2n) is 2.16. The fourth-order valence-electron chi connectivity index (χ4n) is 0.454. The van der Waals surface area contributed by atoms with Crippen LogP contribution in [0.1, 0.15) is 0 Å². The molecule has 56 valence electrons. The summed E-state index contributed by atoms with van der Waals surface area (Å²) < 4.78 is 23.0. The Morgan fingerprint density at radius 1 is 1.44 bits per heavy atom. The van der Waals surface area contributed by atoms with Gasteiger partial charge in [-0.1, -0.05) is 0 Å². The molecule has 1 unspecified atom stereocenters. The predicted molar refractivity (Wildman–Crippen MR) is 30.6 cm³/mol. The van der Waals surface area contributed by atoms with Crippen LogP contribution in [0.25, 0.3) is 0 Å². The van der Waals surface area contributed by atoms with Gasteiger partial charge in [0.05, 0.1) is 0 Å². The van der Waals surface area contributed by atoms with Crippen molar-refractivity contribution in [2.24, 2.45) is 0 Å². The lowest BCUT2D eigenvalue weighted by Crippen LogP contribution is -2.31. The van der Waals surface area contributed by atoms with Crippen molar-refractivity contribution < 1.29 is 13.9 Å². The summed E-state index contributed by atoms with van der Waals surface area (Å²) in [5, 5.41) is 8.51. The van der Waals surface area contributed by atoms with Gasteiger partial charge in [0.25, 0.3) is 6.43 Å². The summed E-state index contributed by atoms with van der Waals surface area (Å²) >= 11 is 0. The van der Waals surface area contributed by atoms with Gasteiger partial charge in [-0.3, -0.25) is 0 Å². The van der Waals surface area contributed by atoms with Crippen LogP contribution in [0.15, 0.2) is 0 Å². The van der Waals surface area contributed by atoms with E-state index < -0.39 is 12.5 Å². The van der Waals surface area contributed by atoms with Gasteiger partial charge in [-0.05, 0) is 14.1 Å². The van der Waals surface area contributed by atoms with Gasteiger partial charge in [-0.2, -0.15) is 0 Å². The number of nitrogens with zero attached hydrogens (tertiary/aromatic N) is 1. The molecular weight excluding hydrogens is 128 g/mol. The van der Waals surface area contributed by atoms with E-state index in [2.05, 4.69) is 0 Å². The Hall–Kier alpha value is -0.220. The lowest BCUT2D eigenvalue weighted by molar-refractivity contribution is -0.0165. The monoisotopic (exact) mass is 139 g/mol. The third kappa shape index (κ3) is 4.29. The van der Waals surface area contributed by atoms with Crippen LogP contribution in [0.5, 0.6) is 0 Å². The zero-order chi connectivity index (χ0) is 7.44. The Balaban J connectivity index is 3.38.